The summed E-state index contributed by atoms with van der Waals surface area (Å²) in [6, 6.07) is 14.1. The number of anilines is 2. The Hall–Kier alpha value is -3.89. The van der Waals surface area contributed by atoms with Crippen molar-refractivity contribution in [3.8, 4) is 11.8 Å². The first-order chi connectivity index (χ1) is 15.6. The molecule has 0 radical (unpaired) electrons. The maximum Gasteiger partial charge on any atom is 0.412 e. The second kappa shape index (κ2) is 10.2. The molecule has 0 atom stereocenters. The largest absolute Gasteiger partial charge is 0.444 e. The Bertz CT molecular complexity index is 1240. The number of amides is 2. The Balaban J connectivity index is 1.73. The Morgan fingerprint density at radius 1 is 1.03 bits per heavy atom. The van der Waals surface area contributed by atoms with E-state index in [1.807, 2.05) is 30.3 Å². The summed E-state index contributed by atoms with van der Waals surface area (Å²) in [7, 11) is 0. The van der Waals surface area contributed by atoms with Crippen LogP contribution in [-0.4, -0.2) is 27.6 Å². The number of rotatable bonds is 3. The van der Waals surface area contributed by atoms with E-state index in [1.54, 1.807) is 33.8 Å². The van der Waals surface area contributed by atoms with E-state index in [4.69, 9.17) is 16.3 Å². The monoisotopic (exact) mass is 462 g/mol. The molecule has 2 aromatic carbocycles. The third kappa shape index (κ3) is 7.06. The van der Waals surface area contributed by atoms with E-state index in [0.717, 1.165) is 5.56 Å². The van der Waals surface area contributed by atoms with Crippen LogP contribution < -0.4 is 10.6 Å². The highest BCUT2D eigenvalue weighted by Gasteiger charge is 2.18. The number of ether oxygens (including phenoxy) is 1. The first kappa shape index (κ1) is 23.8. The predicted molar refractivity (Wildman–Crippen MR) is 128 cm³/mol. The molecule has 0 aliphatic heterocycles. The number of hydrogen-bond acceptors (Lipinski definition) is 5. The molecule has 0 saturated carbocycles. The van der Waals surface area contributed by atoms with Gasteiger partial charge in [0.25, 0.3) is 5.91 Å². The zero-order valence-corrected chi connectivity index (χ0v) is 19.4. The molecule has 0 aliphatic carbocycles. The topological polar surface area (TPSA) is 93.2 Å². The average Bonchev–Trinajstić information content (AvgIpc) is 2.74. The Morgan fingerprint density at radius 2 is 1.76 bits per heavy atom. The molecule has 33 heavy (non-hydrogen) atoms. The molecule has 168 valence electrons. The molecule has 2 N–H and O–H groups in total. The number of hydrogen-bond donors (Lipinski definition) is 2. The van der Waals surface area contributed by atoms with Gasteiger partial charge in [0.05, 0.1) is 22.5 Å². The summed E-state index contributed by atoms with van der Waals surface area (Å²) in [5.41, 5.74) is 1.74. The van der Waals surface area contributed by atoms with Crippen molar-refractivity contribution in [1.29, 1.82) is 0 Å². The summed E-state index contributed by atoms with van der Waals surface area (Å²) in [5.74, 6) is 5.76. The summed E-state index contributed by atoms with van der Waals surface area (Å²) >= 11 is 6.21. The standard InChI is InChI=1S/C25H23ClN4O3/c1-16-22(27-15-19(28-16)11-10-17-8-6-5-7-9-17)30-23(31)20-14-18(12-13-21(20)26)29-24(32)33-25(2,3)4/h5-9,12-15H,1-4H3,(H,29,32)(H,27,30,31). The Labute approximate surface area is 197 Å². The molecule has 0 unspecified atom stereocenters. The summed E-state index contributed by atoms with van der Waals surface area (Å²) in [5, 5.41) is 5.51. The van der Waals surface area contributed by atoms with Crippen molar-refractivity contribution in [2.45, 2.75) is 33.3 Å². The molecule has 0 aliphatic rings. The van der Waals surface area contributed by atoms with Crippen LogP contribution in [0.15, 0.2) is 54.7 Å². The number of nitrogens with zero attached hydrogens (tertiary/aromatic N) is 2. The maximum atomic E-state index is 12.8. The molecule has 1 heterocycles. The summed E-state index contributed by atoms with van der Waals surface area (Å²) < 4.78 is 5.23. The van der Waals surface area contributed by atoms with Crippen LogP contribution in [-0.2, 0) is 4.74 Å². The lowest BCUT2D eigenvalue weighted by Crippen LogP contribution is -2.27. The highest BCUT2D eigenvalue weighted by atomic mass is 35.5. The molecular formula is C25H23ClN4O3. The minimum atomic E-state index is -0.648. The number of carbonyl (C=O) groups is 2. The van der Waals surface area contributed by atoms with Crippen molar-refractivity contribution in [3.05, 3.63) is 82.3 Å². The van der Waals surface area contributed by atoms with Gasteiger partial charge in [-0.1, -0.05) is 35.7 Å². The van der Waals surface area contributed by atoms with Gasteiger partial charge >= 0.3 is 6.09 Å². The molecule has 0 saturated heterocycles. The number of aryl methyl sites for hydroxylation is 1. The zero-order valence-electron chi connectivity index (χ0n) is 18.7. The van der Waals surface area contributed by atoms with Crippen molar-refractivity contribution < 1.29 is 14.3 Å². The fourth-order valence-electron chi connectivity index (χ4n) is 2.70. The number of benzene rings is 2. The van der Waals surface area contributed by atoms with Crippen LogP contribution in [0, 0.1) is 18.8 Å². The molecule has 7 nitrogen and oxygen atoms in total. The van der Waals surface area contributed by atoms with Gasteiger partial charge < -0.3 is 10.1 Å². The molecule has 0 fully saturated rings. The van der Waals surface area contributed by atoms with Crippen molar-refractivity contribution >= 4 is 35.1 Å². The fraction of sp³-hybridized carbons (Fsp3) is 0.200. The molecule has 0 spiro atoms. The highest BCUT2D eigenvalue weighted by Crippen LogP contribution is 2.23. The van der Waals surface area contributed by atoms with Crippen LogP contribution in [0.25, 0.3) is 0 Å². The third-order valence-corrected chi connectivity index (χ3v) is 4.47. The number of aromatic nitrogens is 2. The van der Waals surface area contributed by atoms with Crippen LogP contribution in [0.1, 0.15) is 48.1 Å². The SMILES string of the molecule is Cc1nc(C#Cc2ccccc2)cnc1NC(=O)c1cc(NC(=O)OC(C)(C)C)ccc1Cl. The Kier molecular flexibility index (Phi) is 7.31. The second-order valence-corrected chi connectivity index (χ2v) is 8.49. The van der Waals surface area contributed by atoms with Gasteiger partial charge in [-0.15, -0.1) is 0 Å². The number of nitrogens with one attached hydrogen (secondary N) is 2. The van der Waals surface area contributed by atoms with Crippen LogP contribution >= 0.6 is 11.6 Å². The molecule has 1 aromatic heterocycles. The molecular weight excluding hydrogens is 440 g/mol. The minimum absolute atomic E-state index is 0.166. The van der Waals surface area contributed by atoms with Crippen molar-refractivity contribution in [2.75, 3.05) is 10.6 Å². The minimum Gasteiger partial charge on any atom is -0.444 e. The normalized spacial score (nSPS) is 10.6. The van der Waals surface area contributed by atoms with Crippen molar-refractivity contribution in [1.82, 2.24) is 9.97 Å². The first-order valence-corrected chi connectivity index (χ1v) is 10.5. The van der Waals surface area contributed by atoms with Gasteiger partial charge in [0, 0.05) is 11.3 Å². The van der Waals surface area contributed by atoms with Gasteiger partial charge in [-0.25, -0.2) is 14.8 Å². The van der Waals surface area contributed by atoms with Gasteiger partial charge in [-0.05, 0) is 63.9 Å². The van der Waals surface area contributed by atoms with E-state index in [1.165, 1.54) is 18.3 Å². The Morgan fingerprint density at radius 3 is 2.42 bits per heavy atom. The van der Waals surface area contributed by atoms with E-state index < -0.39 is 17.6 Å². The predicted octanol–water partition coefficient (Wildman–Crippen LogP) is 5.44. The van der Waals surface area contributed by atoms with E-state index >= 15 is 0 Å². The number of halogens is 1. The van der Waals surface area contributed by atoms with Gasteiger partial charge in [0.2, 0.25) is 0 Å². The molecule has 2 amide bonds. The van der Waals surface area contributed by atoms with E-state index in [0.29, 0.717) is 17.1 Å². The average molecular weight is 463 g/mol. The summed E-state index contributed by atoms with van der Waals surface area (Å²) in [6.45, 7) is 7.00. The summed E-state index contributed by atoms with van der Waals surface area (Å²) in [6.07, 6.45) is 0.853. The zero-order chi connectivity index (χ0) is 24.0. The van der Waals surface area contributed by atoms with Gasteiger partial charge in [-0.3, -0.25) is 10.1 Å². The van der Waals surface area contributed by atoms with Crippen LogP contribution in [0.2, 0.25) is 5.02 Å². The maximum absolute atomic E-state index is 12.8. The van der Waals surface area contributed by atoms with E-state index in [2.05, 4.69) is 32.4 Å². The third-order valence-electron chi connectivity index (χ3n) is 4.14. The fourth-order valence-corrected chi connectivity index (χ4v) is 2.90. The molecule has 8 heteroatoms. The van der Waals surface area contributed by atoms with E-state index in [-0.39, 0.29) is 16.4 Å². The molecule has 3 aromatic rings. The van der Waals surface area contributed by atoms with Gasteiger partial charge in [0.15, 0.2) is 5.82 Å². The quantitative estimate of drug-likeness (QED) is 0.505. The summed E-state index contributed by atoms with van der Waals surface area (Å²) in [4.78, 5) is 33.5. The van der Waals surface area contributed by atoms with Gasteiger partial charge in [0.1, 0.15) is 11.3 Å². The van der Waals surface area contributed by atoms with E-state index in [9.17, 15) is 9.59 Å². The van der Waals surface area contributed by atoms with Crippen molar-refractivity contribution in [2.24, 2.45) is 0 Å². The second-order valence-electron chi connectivity index (χ2n) is 8.08. The van der Waals surface area contributed by atoms with Gasteiger partial charge in [-0.2, -0.15) is 0 Å². The lowest BCUT2D eigenvalue weighted by molar-refractivity contribution is 0.0635. The first-order valence-electron chi connectivity index (χ1n) is 10.1. The lowest BCUT2D eigenvalue weighted by atomic mass is 10.2. The molecule has 3 rings (SSSR count). The van der Waals surface area contributed by atoms with Crippen LogP contribution in [0.5, 0.6) is 0 Å². The van der Waals surface area contributed by atoms with Crippen LogP contribution in [0.4, 0.5) is 16.3 Å². The molecule has 0 bridgehead atoms. The van der Waals surface area contributed by atoms with Crippen molar-refractivity contribution in [3.63, 3.8) is 0 Å². The smallest absolute Gasteiger partial charge is 0.412 e. The van der Waals surface area contributed by atoms with Crippen LogP contribution in [0.3, 0.4) is 0 Å². The lowest BCUT2D eigenvalue weighted by Gasteiger charge is -2.19. The highest BCUT2D eigenvalue weighted by molar-refractivity contribution is 6.34. The number of carbonyl (C=O) groups excluding carboxylic acids is 2.